The Hall–Kier alpha value is -3.12. The predicted octanol–water partition coefficient (Wildman–Crippen LogP) is 3.87. The molecule has 0 aliphatic rings. The van der Waals surface area contributed by atoms with Crippen LogP contribution in [0.1, 0.15) is 44.5 Å². The summed E-state index contributed by atoms with van der Waals surface area (Å²) in [4.78, 5) is 12.6. The zero-order valence-electron chi connectivity index (χ0n) is 17.3. The van der Waals surface area contributed by atoms with Gasteiger partial charge in [0.05, 0.1) is 13.2 Å². The Morgan fingerprint density at radius 3 is 2.52 bits per heavy atom. The fourth-order valence-corrected chi connectivity index (χ4v) is 3.25. The maximum absolute atomic E-state index is 12.6. The number of amides is 1. The van der Waals surface area contributed by atoms with Gasteiger partial charge in [0.1, 0.15) is 11.5 Å². The molecule has 6 heteroatoms. The van der Waals surface area contributed by atoms with E-state index in [2.05, 4.69) is 34.8 Å². The normalized spacial score (nSPS) is 11.9. The first-order chi connectivity index (χ1) is 14.0. The third-order valence-corrected chi connectivity index (χ3v) is 4.89. The molecule has 152 valence electrons. The molecule has 0 aliphatic carbocycles. The van der Waals surface area contributed by atoms with E-state index in [-0.39, 0.29) is 17.6 Å². The average molecular weight is 393 g/mol. The van der Waals surface area contributed by atoms with Crippen molar-refractivity contribution in [3.05, 3.63) is 82.2 Å². The number of aromatic nitrogens is 1. The summed E-state index contributed by atoms with van der Waals surface area (Å²) in [6.07, 6.45) is 0. The number of methoxy groups -OCH3 is 1. The quantitative estimate of drug-likeness (QED) is 0.608. The van der Waals surface area contributed by atoms with Crippen molar-refractivity contribution in [2.24, 2.45) is 0 Å². The number of benzene rings is 2. The third-order valence-electron chi connectivity index (χ3n) is 4.89. The standard InChI is InChI=1S/C23H27N3O3/c1-15-11-22(28-4)16(2)10-19(15)13-24-14-21(18-8-6-5-7-9-18)25-23(27)20-12-17(3)29-26-20/h5-12,21,24H,13-14H2,1-4H3,(H,25,27). The molecule has 0 aliphatic heterocycles. The Morgan fingerprint density at radius 1 is 1.10 bits per heavy atom. The highest BCUT2D eigenvalue weighted by Gasteiger charge is 2.18. The molecule has 1 amide bonds. The topological polar surface area (TPSA) is 76.4 Å². The molecule has 2 N–H and O–H groups in total. The second-order valence-electron chi connectivity index (χ2n) is 7.14. The highest BCUT2D eigenvalue weighted by molar-refractivity contribution is 5.92. The summed E-state index contributed by atoms with van der Waals surface area (Å²) < 4.78 is 10.4. The summed E-state index contributed by atoms with van der Waals surface area (Å²) in [7, 11) is 1.68. The smallest absolute Gasteiger partial charge is 0.274 e. The Bertz CT molecular complexity index is 967. The van der Waals surface area contributed by atoms with Gasteiger partial charge in [0.15, 0.2) is 5.69 Å². The Labute approximate surface area is 171 Å². The van der Waals surface area contributed by atoms with E-state index in [9.17, 15) is 4.79 Å². The van der Waals surface area contributed by atoms with Crippen LogP contribution in [0, 0.1) is 20.8 Å². The summed E-state index contributed by atoms with van der Waals surface area (Å²) >= 11 is 0. The number of carbonyl (C=O) groups is 1. The summed E-state index contributed by atoms with van der Waals surface area (Å²) in [5, 5.41) is 10.3. The van der Waals surface area contributed by atoms with Crippen LogP contribution in [-0.2, 0) is 6.54 Å². The van der Waals surface area contributed by atoms with Crippen LogP contribution >= 0.6 is 0 Å². The number of hydrogen-bond donors (Lipinski definition) is 2. The minimum absolute atomic E-state index is 0.194. The van der Waals surface area contributed by atoms with Crippen molar-refractivity contribution in [3.63, 3.8) is 0 Å². The van der Waals surface area contributed by atoms with E-state index in [1.165, 1.54) is 11.1 Å². The molecule has 1 atom stereocenters. The highest BCUT2D eigenvalue weighted by atomic mass is 16.5. The third kappa shape index (κ3) is 5.23. The number of nitrogens with zero attached hydrogens (tertiary/aromatic N) is 1. The number of carbonyl (C=O) groups excluding carboxylic acids is 1. The summed E-state index contributed by atoms with van der Waals surface area (Å²) in [5.74, 6) is 1.24. The number of hydrogen-bond acceptors (Lipinski definition) is 5. The fraction of sp³-hybridized carbons (Fsp3) is 0.304. The van der Waals surface area contributed by atoms with Crippen LogP contribution in [0.2, 0.25) is 0 Å². The van der Waals surface area contributed by atoms with Crippen molar-refractivity contribution >= 4 is 5.91 Å². The molecule has 1 heterocycles. The second-order valence-corrected chi connectivity index (χ2v) is 7.14. The molecule has 0 spiro atoms. The maximum atomic E-state index is 12.6. The van der Waals surface area contributed by atoms with Crippen LogP contribution in [0.25, 0.3) is 0 Å². The van der Waals surface area contributed by atoms with Crippen LogP contribution in [0.4, 0.5) is 0 Å². The lowest BCUT2D eigenvalue weighted by Gasteiger charge is -2.20. The van der Waals surface area contributed by atoms with Gasteiger partial charge < -0.3 is 19.9 Å². The van der Waals surface area contributed by atoms with Gasteiger partial charge in [-0.05, 0) is 49.1 Å². The van der Waals surface area contributed by atoms with Gasteiger partial charge in [-0.3, -0.25) is 4.79 Å². The van der Waals surface area contributed by atoms with E-state index in [1.807, 2.05) is 37.3 Å². The number of rotatable bonds is 8. The summed E-state index contributed by atoms with van der Waals surface area (Å²) in [6.45, 7) is 7.15. The van der Waals surface area contributed by atoms with Gasteiger partial charge in [-0.25, -0.2) is 0 Å². The van der Waals surface area contributed by atoms with E-state index in [4.69, 9.17) is 9.26 Å². The highest BCUT2D eigenvalue weighted by Crippen LogP contribution is 2.22. The van der Waals surface area contributed by atoms with E-state index in [1.54, 1.807) is 20.1 Å². The van der Waals surface area contributed by atoms with Crippen molar-refractivity contribution in [2.75, 3.05) is 13.7 Å². The Kier molecular flexibility index (Phi) is 6.67. The van der Waals surface area contributed by atoms with Crippen LogP contribution < -0.4 is 15.4 Å². The number of nitrogens with one attached hydrogen (secondary N) is 2. The molecular formula is C23H27N3O3. The molecule has 1 unspecified atom stereocenters. The monoisotopic (exact) mass is 393 g/mol. The zero-order chi connectivity index (χ0) is 20.8. The predicted molar refractivity (Wildman–Crippen MR) is 112 cm³/mol. The molecule has 1 aromatic heterocycles. The zero-order valence-corrected chi connectivity index (χ0v) is 17.3. The molecule has 3 rings (SSSR count). The summed E-state index contributed by atoms with van der Waals surface area (Å²) in [6, 6.07) is 15.5. The molecule has 0 saturated carbocycles. The van der Waals surface area contributed by atoms with Crippen molar-refractivity contribution < 1.29 is 14.1 Å². The summed E-state index contributed by atoms with van der Waals surface area (Å²) in [5.41, 5.74) is 4.78. The van der Waals surface area contributed by atoms with E-state index < -0.39 is 0 Å². The number of aryl methyl sites for hydroxylation is 3. The minimum Gasteiger partial charge on any atom is -0.496 e. The molecule has 0 saturated heterocycles. The SMILES string of the molecule is COc1cc(C)c(CNCC(NC(=O)c2cc(C)on2)c2ccccc2)cc1C. The first-order valence-electron chi connectivity index (χ1n) is 9.62. The molecule has 0 fully saturated rings. The Balaban J connectivity index is 1.69. The van der Waals surface area contributed by atoms with Crippen LogP contribution in [0.3, 0.4) is 0 Å². The molecule has 29 heavy (non-hydrogen) atoms. The van der Waals surface area contributed by atoms with E-state index in [0.29, 0.717) is 18.8 Å². The van der Waals surface area contributed by atoms with E-state index >= 15 is 0 Å². The van der Waals surface area contributed by atoms with Gasteiger partial charge in [0, 0.05) is 19.2 Å². The minimum atomic E-state index is -0.256. The lowest BCUT2D eigenvalue weighted by Crippen LogP contribution is -2.35. The van der Waals surface area contributed by atoms with Crippen molar-refractivity contribution in [1.82, 2.24) is 15.8 Å². The van der Waals surface area contributed by atoms with Gasteiger partial charge in [-0.1, -0.05) is 41.6 Å². The van der Waals surface area contributed by atoms with Gasteiger partial charge in [0.2, 0.25) is 0 Å². The lowest BCUT2D eigenvalue weighted by molar-refractivity contribution is 0.0927. The van der Waals surface area contributed by atoms with Crippen molar-refractivity contribution in [2.45, 2.75) is 33.4 Å². The van der Waals surface area contributed by atoms with Gasteiger partial charge in [0.25, 0.3) is 5.91 Å². The van der Waals surface area contributed by atoms with Crippen LogP contribution in [0.15, 0.2) is 53.1 Å². The van der Waals surface area contributed by atoms with Crippen LogP contribution in [-0.4, -0.2) is 24.7 Å². The largest absolute Gasteiger partial charge is 0.496 e. The van der Waals surface area contributed by atoms with Crippen molar-refractivity contribution in [1.29, 1.82) is 0 Å². The molecule has 0 bridgehead atoms. The molecule has 0 radical (unpaired) electrons. The molecule has 3 aromatic rings. The molecular weight excluding hydrogens is 366 g/mol. The Morgan fingerprint density at radius 2 is 1.86 bits per heavy atom. The van der Waals surface area contributed by atoms with E-state index in [0.717, 1.165) is 16.9 Å². The number of ether oxygens (including phenoxy) is 1. The average Bonchev–Trinajstić information content (AvgIpc) is 3.16. The fourth-order valence-electron chi connectivity index (χ4n) is 3.25. The van der Waals surface area contributed by atoms with Crippen molar-refractivity contribution in [3.8, 4) is 5.75 Å². The molecule has 2 aromatic carbocycles. The second kappa shape index (κ2) is 9.39. The lowest BCUT2D eigenvalue weighted by atomic mass is 10.0. The first kappa shape index (κ1) is 20.6. The molecule has 6 nitrogen and oxygen atoms in total. The maximum Gasteiger partial charge on any atom is 0.274 e. The van der Waals surface area contributed by atoms with Crippen LogP contribution in [0.5, 0.6) is 5.75 Å². The van der Waals surface area contributed by atoms with Gasteiger partial charge in [-0.15, -0.1) is 0 Å². The van der Waals surface area contributed by atoms with Gasteiger partial charge in [-0.2, -0.15) is 0 Å². The van der Waals surface area contributed by atoms with Gasteiger partial charge >= 0.3 is 0 Å². The first-order valence-corrected chi connectivity index (χ1v) is 9.62.